The molecule has 0 aromatic heterocycles. The normalized spacial score (nSPS) is 11.5. The van der Waals surface area contributed by atoms with Gasteiger partial charge in [0.2, 0.25) is 0 Å². The molecule has 0 fully saturated rings. The number of benzene rings is 2. The summed E-state index contributed by atoms with van der Waals surface area (Å²) in [6, 6.07) is 7.36. The summed E-state index contributed by atoms with van der Waals surface area (Å²) in [6.45, 7) is 0.0776. The molecule has 2 aromatic rings. The van der Waals surface area contributed by atoms with Crippen molar-refractivity contribution in [1.29, 1.82) is 0 Å². The molecule has 1 nitrogen and oxygen atoms in total. The lowest BCUT2D eigenvalue weighted by Crippen LogP contribution is -2.07. The predicted octanol–water partition coefficient (Wildman–Crippen LogP) is 5.76. The van der Waals surface area contributed by atoms with Crippen LogP contribution >= 0.6 is 23.2 Å². The number of halogens is 6. The molecule has 0 bridgehead atoms. The van der Waals surface area contributed by atoms with Gasteiger partial charge in [0.05, 0.1) is 10.6 Å². The Hall–Kier alpha value is -1.46. The van der Waals surface area contributed by atoms with Crippen LogP contribution in [0.3, 0.4) is 0 Å². The van der Waals surface area contributed by atoms with Gasteiger partial charge in [-0.15, -0.1) is 0 Å². The number of nitrogens with one attached hydrogen (secondary N) is 1. The van der Waals surface area contributed by atoms with Crippen molar-refractivity contribution in [2.24, 2.45) is 0 Å². The molecule has 0 unspecified atom stereocenters. The van der Waals surface area contributed by atoms with E-state index in [0.717, 1.165) is 12.1 Å². The Bertz CT molecular complexity index is 656. The summed E-state index contributed by atoms with van der Waals surface area (Å²) in [4.78, 5) is 0. The van der Waals surface area contributed by atoms with Crippen LogP contribution in [0.25, 0.3) is 0 Å². The molecule has 21 heavy (non-hydrogen) atoms. The number of rotatable bonds is 3. The van der Waals surface area contributed by atoms with E-state index < -0.39 is 17.6 Å². The van der Waals surface area contributed by atoms with Crippen LogP contribution in [0.5, 0.6) is 0 Å². The maximum atomic E-state index is 13.3. The van der Waals surface area contributed by atoms with Crippen molar-refractivity contribution in [2.45, 2.75) is 12.7 Å². The van der Waals surface area contributed by atoms with E-state index in [1.165, 1.54) is 18.2 Å². The number of anilines is 1. The van der Waals surface area contributed by atoms with Crippen LogP contribution in [0, 0.1) is 5.82 Å². The van der Waals surface area contributed by atoms with Gasteiger partial charge in [-0.25, -0.2) is 4.39 Å². The molecule has 0 heterocycles. The van der Waals surface area contributed by atoms with Crippen molar-refractivity contribution in [3.63, 3.8) is 0 Å². The van der Waals surface area contributed by atoms with Crippen LogP contribution in [0.2, 0.25) is 10.0 Å². The summed E-state index contributed by atoms with van der Waals surface area (Å²) in [5.74, 6) is -0.585. The van der Waals surface area contributed by atoms with Crippen molar-refractivity contribution in [3.8, 4) is 0 Å². The highest BCUT2D eigenvalue weighted by molar-refractivity contribution is 6.31. The Morgan fingerprint density at radius 2 is 1.76 bits per heavy atom. The summed E-state index contributed by atoms with van der Waals surface area (Å²) in [5, 5.41) is 2.64. The molecule has 0 amide bonds. The molecule has 0 aliphatic carbocycles. The maximum absolute atomic E-state index is 13.3. The van der Waals surface area contributed by atoms with E-state index in [2.05, 4.69) is 5.32 Å². The van der Waals surface area contributed by atoms with Crippen molar-refractivity contribution >= 4 is 28.9 Å². The average Bonchev–Trinajstić information content (AvgIpc) is 2.39. The van der Waals surface area contributed by atoms with Gasteiger partial charge in [0.25, 0.3) is 0 Å². The monoisotopic (exact) mass is 337 g/mol. The Morgan fingerprint density at radius 3 is 2.43 bits per heavy atom. The molecule has 0 saturated heterocycles. The molecule has 7 heteroatoms. The van der Waals surface area contributed by atoms with E-state index in [0.29, 0.717) is 5.56 Å². The fourth-order valence-corrected chi connectivity index (χ4v) is 2.17. The zero-order chi connectivity index (χ0) is 15.6. The first-order valence-electron chi connectivity index (χ1n) is 5.82. The SMILES string of the molecule is Fc1cccc(CNc2cc(Cl)cc(C(F)(F)F)c2)c1Cl. The Morgan fingerprint density at radius 1 is 1.05 bits per heavy atom. The Balaban J connectivity index is 2.21. The maximum Gasteiger partial charge on any atom is 0.416 e. The van der Waals surface area contributed by atoms with Gasteiger partial charge in [-0.2, -0.15) is 13.2 Å². The minimum Gasteiger partial charge on any atom is -0.381 e. The van der Waals surface area contributed by atoms with Gasteiger partial charge in [0.1, 0.15) is 5.82 Å². The predicted molar refractivity (Wildman–Crippen MR) is 75.2 cm³/mol. The van der Waals surface area contributed by atoms with E-state index in [1.54, 1.807) is 6.07 Å². The Kier molecular flexibility index (Phi) is 4.64. The van der Waals surface area contributed by atoms with E-state index in [9.17, 15) is 17.6 Å². The van der Waals surface area contributed by atoms with Gasteiger partial charge < -0.3 is 5.32 Å². The third-order valence-corrected chi connectivity index (χ3v) is 3.38. The fraction of sp³-hybridized carbons (Fsp3) is 0.143. The van der Waals surface area contributed by atoms with Crippen LogP contribution < -0.4 is 5.32 Å². The molecule has 0 aliphatic rings. The van der Waals surface area contributed by atoms with E-state index >= 15 is 0 Å². The van der Waals surface area contributed by atoms with Crippen molar-refractivity contribution in [1.82, 2.24) is 0 Å². The first-order valence-corrected chi connectivity index (χ1v) is 6.57. The first-order chi connectivity index (χ1) is 9.77. The number of alkyl halides is 3. The lowest BCUT2D eigenvalue weighted by molar-refractivity contribution is -0.137. The second-order valence-electron chi connectivity index (χ2n) is 4.29. The third kappa shape index (κ3) is 4.02. The lowest BCUT2D eigenvalue weighted by atomic mass is 10.1. The molecule has 0 aliphatic heterocycles. The van der Waals surface area contributed by atoms with Gasteiger partial charge in [-0.3, -0.25) is 0 Å². The van der Waals surface area contributed by atoms with Crippen LogP contribution in [-0.2, 0) is 12.7 Å². The minimum absolute atomic E-state index is 0.0438. The van der Waals surface area contributed by atoms with Gasteiger partial charge in [-0.1, -0.05) is 35.3 Å². The third-order valence-electron chi connectivity index (χ3n) is 2.74. The van der Waals surface area contributed by atoms with E-state index in [4.69, 9.17) is 23.2 Å². The number of hydrogen-bond donors (Lipinski definition) is 1. The summed E-state index contributed by atoms with van der Waals surface area (Å²) >= 11 is 11.4. The highest BCUT2D eigenvalue weighted by Crippen LogP contribution is 2.33. The highest BCUT2D eigenvalue weighted by atomic mass is 35.5. The molecule has 0 atom stereocenters. The first kappa shape index (κ1) is 15.9. The zero-order valence-electron chi connectivity index (χ0n) is 10.4. The standard InChI is InChI=1S/C14H9Cl2F4N/c15-10-4-9(14(18,19)20)5-11(6-10)21-7-8-2-1-3-12(17)13(8)16/h1-6,21H,7H2. The van der Waals surface area contributed by atoms with Crippen LogP contribution in [0.15, 0.2) is 36.4 Å². The van der Waals surface area contributed by atoms with Crippen molar-refractivity contribution < 1.29 is 17.6 Å². The van der Waals surface area contributed by atoms with Gasteiger partial charge >= 0.3 is 6.18 Å². The van der Waals surface area contributed by atoms with E-state index in [1.807, 2.05) is 0 Å². The van der Waals surface area contributed by atoms with Crippen molar-refractivity contribution in [2.75, 3.05) is 5.32 Å². The number of hydrogen-bond acceptors (Lipinski definition) is 1. The average molecular weight is 338 g/mol. The molecule has 1 N–H and O–H groups in total. The largest absolute Gasteiger partial charge is 0.416 e. The molecule has 0 spiro atoms. The summed E-state index contributed by atoms with van der Waals surface area (Å²) in [5.41, 5.74) is -0.247. The van der Waals surface area contributed by atoms with Crippen LogP contribution in [0.4, 0.5) is 23.2 Å². The molecular weight excluding hydrogens is 329 g/mol. The lowest BCUT2D eigenvalue weighted by Gasteiger charge is -2.12. The molecular formula is C14H9Cl2F4N. The topological polar surface area (TPSA) is 12.0 Å². The van der Waals surface area contributed by atoms with Gasteiger partial charge in [-0.05, 0) is 29.8 Å². The van der Waals surface area contributed by atoms with E-state index in [-0.39, 0.29) is 22.3 Å². The minimum atomic E-state index is -4.49. The summed E-state index contributed by atoms with van der Waals surface area (Å²) in [7, 11) is 0. The van der Waals surface area contributed by atoms with Crippen LogP contribution in [0.1, 0.15) is 11.1 Å². The molecule has 2 aromatic carbocycles. The molecule has 0 radical (unpaired) electrons. The van der Waals surface area contributed by atoms with Gasteiger partial charge in [0, 0.05) is 17.3 Å². The zero-order valence-corrected chi connectivity index (χ0v) is 12.0. The van der Waals surface area contributed by atoms with Crippen molar-refractivity contribution in [3.05, 3.63) is 63.4 Å². The van der Waals surface area contributed by atoms with Crippen LogP contribution in [-0.4, -0.2) is 0 Å². The molecule has 2 rings (SSSR count). The quantitative estimate of drug-likeness (QED) is 0.701. The fourth-order valence-electron chi connectivity index (χ4n) is 1.74. The smallest absolute Gasteiger partial charge is 0.381 e. The summed E-state index contributed by atoms with van der Waals surface area (Å²) in [6.07, 6.45) is -4.49. The molecule has 112 valence electrons. The van der Waals surface area contributed by atoms with Gasteiger partial charge in [0.15, 0.2) is 0 Å². The second kappa shape index (κ2) is 6.12. The summed E-state index contributed by atoms with van der Waals surface area (Å²) < 4.78 is 51.3. The molecule has 0 saturated carbocycles. The Labute approximate surface area is 128 Å². The second-order valence-corrected chi connectivity index (χ2v) is 5.11. The highest BCUT2D eigenvalue weighted by Gasteiger charge is 2.31.